The first kappa shape index (κ1) is 18.8. The Morgan fingerprint density at radius 2 is 2.04 bits per heavy atom. The molecule has 2 fully saturated rings. The van der Waals surface area contributed by atoms with Crippen molar-refractivity contribution < 1.29 is 14.3 Å². The topological polar surface area (TPSA) is 83.6 Å². The average molecular weight is 393 g/mol. The number of thiazole rings is 1. The van der Waals surface area contributed by atoms with E-state index < -0.39 is 0 Å². The smallest absolute Gasteiger partial charge is 0.255 e. The van der Waals surface area contributed by atoms with Crippen molar-refractivity contribution in [3.63, 3.8) is 0 Å². The summed E-state index contributed by atoms with van der Waals surface area (Å²) in [6, 6.07) is 0.356. The standard InChI is InChI=1S/C19H28N4O3S/c24-17(20-13-5-2-1-3-6-13)12-23-9-8-14-16(11-23)27-19(21-14)22-18(25)15-7-4-10-26-15/h13,15H,1-12H2,(H,20,24)(H,21,22,25). The normalized spacial score (nSPS) is 23.8. The van der Waals surface area contributed by atoms with Crippen molar-refractivity contribution in [3.05, 3.63) is 10.6 Å². The van der Waals surface area contributed by atoms with Gasteiger partial charge in [0.25, 0.3) is 5.91 Å². The molecule has 1 aliphatic carbocycles. The summed E-state index contributed by atoms with van der Waals surface area (Å²) in [5, 5.41) is 6.73. The second-order valence-corrected chi connectivity index (χ2v) is 8.83. The second-order valence-electron chi connectivity index (χ2n) is 7.74. The molecular weight excluding hydrogens is 364 g/mol. The minimum absolute atomic E-state index is 0.0951. The molecule has 1 saturated carbocycles. The summed E-state index contributed by atoms with van der Waals surface area (Å²) in [5.74, 6) is 0.0316. The minimum atomic E-state index is -0.342. The highest BCUT2D eigenvalue weighted by molar-refractivity contribution is 7.15. The van der Waals surface area contributed by atoms with Crippen molar-refractivity contribution >= 4 is 28.3 Å². The molecule has 2 aliphatic heterocycles. The van der Waals surface area contributed by atoms with E-state index in [4.69, 9.17) is 4.74 Å². The lowest BCUT2D eigenvalue weighted by Gasteiger charge is -2.27. The van der Waals surface area contributed by atoms with E-state index in [0.717, 1.165) is 55.8 Å². The molecule has 1 aromatic heterocycles. The summed E-state index contributed by atoms with van der Waals surface area (Å²) in [6.07, 6.45) is 8.14. The van der Waals surface area contributed by atoms with Gasteiger partial charge in [-0.1, -0.05) is 19.3 Å². The van der Waals surface area contributed by atoms with Gasteiger partial charge in [-0.15, -0.1) is 11.3 Å². The number of nitrogens with zero attached hydrogens (tertiary/aromatic N) is 2. The molecule has 0 bridgehead atoms. The zero-order valence-corrected chi connectivity index (χ0v) is 16.5. The first-order valence-electron chi connectivity index (χ1n) is 10.1. The molecule has 7 nitrogen and oxygen atoms in total. The molecule has 2 N–H and O–H groups in total. The van der Waals surface area contributed by atoms with Crippen molar-refractivity contribution in [2.24, 2.45) is 0 Å². The van der Waals surface area contributed by atoms with Crippen molar-refractivity contribution in [2.45, 2.75) is 70.1 Å². The van der Waals surface area contributed by atoms with Gasteiger partial charge in [0.2, 0.25) is 5.91 Å². The molecule has 148 valence electrons. The molecule has 3 aliphatic rings. The molecule has 1 atom stereocenters. The van der Waals surface area contributed by atoms with Crippen molar-refractivity contribution in [3.8, 4) is 0 Å². The van der Waals surface area contributed by atoms with Crippen LogP contribution in [0.3, 0.4) is 0 Å². The lowest BCUT2D eigenvalue weighted by atomic mass is 9.95. The summed E-state index contributed by atoms with van der Waals surface area (Å²) >= 11 is 1.52. The fraction of sp³-hybridized carbons (Fsp3) is 0.737. The molecule has 4 rings (SSSR count). The minimum Gasteiger partial charge on any atom is -0.368 e. The lowest BCUT2D eigenvalue weighted by molar-refractivity contribution is -0.125. The highest BCUT2D eigenvalue weighted by Crippen LogP contribution is 2.29. The Labute approximate surface area is 163 Å². The molecule has 0 aromatic carbocycles. The van der Waals surface area contributed by atoms with E-state index in [1.807, 2.05) is 0 Å². The molecule has 0 spiro atoms. The number of hydrogen-bond donors (Lipinski definition) is 2. The van der Waals surface area contributed by atoms with E-state index in [2.05, 4.69) is 20.5 Å². The zero-order valence-electron chi connectivity index (χ0n) is 15.7. The third-order valence-electron chi connectivity index (χ3n) is 5.60. The van der Waals surface area contributed by atoms with E-state index >= 15 is 0 Å². The summed E-state index contributed by atoms with van der Waals surface area (Å²) in [6.45, 7) is 2.64. The van der Waals surface area contributed by atoms with Gasteiger partial charge in [0.15, 0.2) is 5.13 Å². The highest BCUT2D eigenvalue weighted by atomic mass is 32.1. The van der Waals surface area contributed by atoms with Crippen molar-refractivity contribution in [1.29, 1.82) is 0 Å². The zero-order chi connectivity index (χ0) is 18.6. The monoisotopic (exact) mass is 392 g/mol. The number of fused-ring (bicyclic) bond motifs is 1. The fourth-order valence-corrected chi connectivity index (χ4v) is 5.18. The Morgan fingerprint density at radius 3 is 2.81 bits per heavy atom. The number of ether oxygens (including phenoxy) is 1. The molecule has 1 unspecified atom stereocenters. The molecule has 2 amide bonds. The summed E-state index contributed by atoms with van der Waals surface area (Å²) in [5.41, 5.74) is 1.05. The van der Waals surface area contributed by atoms with Crippen LogP contribution in [0.1, 0.15) is 55.5 Å². The number of carbonyl (C=O) groups excluding carboxylic acids is 2. The Bertz CT molecular complexity index is 680. The fourth-order valence-electron chi connectivity index (χ4n) is 4.13. The SMILES string of the molecule is O=C(CN1CCc2nc(NC(=O)C3CCCO3)sc2C1)NC1CCCCC1. The van der Waals surface area contributed by atoms with Crippen LogP contribution in [0.2, 0.25) is 0 Å². The van der Waals surface area contributed by atoms with Crippen LogP contribution in [0.4, 0.5) is 5.13 Å². The number of aromatic nitrogens is 1. The molecule has 1 saturated heterocycles. The Hall–Kier alpha value is -1.51. The van der Waals surface area contributed by atoms with E-state index in [1.54, 1.807) is 0 Å². The van der Waals surface area contributed by atoms with Gasteiger partial charge in [-0.2, -0.15) is 0 Å². The van der Waals surface area contributed by atoms with Gasteiger partial charge in [0.1, 0.15) is 6.10 Å². The van der Waals surface area contributed by atoms with E-state index in [9.17, 15) is 9.59 Å². The molecule has 0 radical (unpaired) electrons. The number of hydrogen-bond acceptors (Lipinski definition) is 6. The van der Waals surface area contributed by atoms with Crippen LogP contribution in [0.5, 0.6) is 0 Å². The Morgan fingerprint density at radius 1 is 1.19 bits per heavy atom. The summed E-state index contributed by atoms with van der Waals surface area (Å²) in [4.78, 5) is 32.4. The van der Waals surface area contributed by atoms with Crippen LogP contribution in [0, 0.1) is 0 Å². The molecule has 1 aromatic rings. The predicted molar refractivity (Wildman–Crippen MR) is 104 cm³/mol. The Balaban J connectivity index is 1.28. The second kappa shape index (κ2) is 8.67. The van der Waals surface area contributed by atoms with E-state index in [-0.39, 0.29) is 17.9 Å². The van der Waals surface area contributed by atoms with Crippen molar-refractivity contribution in [2.75, 3.05) is 25.0 Å². The maximum atomic E-state index is 12.4. The first-order chi connectivity index (χ1) is 13.2. The average Bonchev–Trinajstić information content (AvgIpc) is 3.31. The van der Waals surface area contributed by atoms with Crippen LogP contribution in [0.25, 0.3) is 0 Å². The molecule has 8 heteroatoms. The van der Waals surface area contributed by atoms with Crippen LogP contribution in [-0.2, 0) is 27.3 Å². The van der Waals surface area contributed by atoms with Gasteiger partial charge < -0.3 is 10.1 Å². The summed E-state index contributed by atoms with van der Waals surface area (Å²) < 4.78 is 5.42. The Kier molecular flexibility index (Phi) is 6.04. The lowest BCUT2D eigenvalue weighted by Crippen LogP contribution is -2.44. The number of rotatable bonds is 5. The maximum absolute atomic E-state index is 12.4. The largest absolute Gasteiger partial charge is 0.368 e. The maximum Gasteiger partial charge on any atom is 0.255 e. The highest BCUT2D eigenvalue weighted by Gasteiger charge is 2.27. The van der Waals surface area contributed by atoms with Crippen LogP contribution >= 0.6 is 11.3 Å². The van der Waals surface area contributed by atoms with Gasteiger partial charge in [-0.3, -0.25) is 19.8 Å². The first-order valence-corrected chi connectivity index (χ1v) is 10.9. The predicted octanol–water partition coefficient (Wildman–Crippen LogP) is 2.07. The number of carbonyl (C=O) groups is 2. The molecule has 3 heterocycles. The van der Waals surface area contributed by atoms with Crippen molar-refractivity contribution in [1.82, 2.24) is 15.2 Å². The van der Waals surface area contributed by atoms with Gasteiger partial charge in [-0.05, 0) is 25.7 Å². The number of nitrogens with one attached hydrogen (secondary N) is 2. The van der Waals surface area contributed by atoms with Gasteiger partial charge in [0, 0.05) is 37.0 Å². The van der Waals surface area contributed by atoms with Gasteiger partial charge in [-0.25, -0.2) is 4.98 Å². The molecule has 27 heavy (non-hydrogen) atoms. The summed E-state index contributed by atoms with van der Waals surface area (Å²) in [7, 11) is 0. The third-order valence-corrected chi connectivity index (χ3v) is 6.60. The van der Waals surface area contributed by atoms with Gasteiger partial charge >= 0.3 is 0 Å². The molecular formula is C19H28N4O3S. The van der Waals surface area contributed by atoms with Crippen LogP contribution < -0.4 is 10.6 Å². The van der Waals surface area contributed by atoms with Crippen LogP contribution in [-0.4, -0.2) is 53.5 Å². The van der Waals surface area contributed by atoms with Gasteiger partial charge in [0.05, 0.1) is 12.2 Å². The quantitative estimate of drug-likeness (QED) is 0.801. The van der Waals surface area contributed by atoms with Crippen LogP contribution in [0.15, 0.2) is 0 Å². The van der Waals surface area contributed by atoms with E-state index in [1.165, 1.54) is 30.6 Å². The number of anilines is 1. The third kappa shape index (κ3) is 4.86. The van der Waals surface area contributed by atoms with E-state index in [0.29, 0.717) is 24.3 Å². The number of amides is 2.